The fraction of sp³-hybridized carbons (Fsp3) is 0.958. The Balaban J connectivity index is 1.57. The van der Waals surface area contributed by atoms with Crippen LogP contribution in [0.4, 0.5) is 0 Å². The van der Waals surface area contributed by atoms with Crippen LogP contribution in [0.5, 0.6) is 0 Å². The van der Waals surface area contributed by atoms with Gasteiger partial charge in [-0.3, -0.25) is 0 Å². The highest BCUT2D eigenvalue weighted by atomic mass is 16.3. The Bertz CT molecular complexity index is 562. The van der Waals surface area contributed by atoms with Crippen LogP contribution in [-0.2, 0) is 4.79 Å². The molecule has 3 heteroatoms. The molecule has 0 heterocycles. The quantitative estimate of drug-likeness (QED) is 0.706. The van der Waals surface area contributed by atoms with Gasteiger partial charge in [-0.05, 0) is 104 Å². The summed E-state index contributed by atoms with van der Waals surface area (Å²) in [5, 5.41) is 21.3. The number of hydrogen-bond donors (Lipinski definition) is 2. The van der Waals surface area contributed by atoms with Crippen LogP contribution in [-0.4, -0.2) is 28.7 Å². The van der Waals surface area contributed by atoms with Crippen molar-refractivity contribution in [1.29, 1.82) is 0 Å². The maximum atomic E-state index is 11.1. The maximum absolute atomic E-state index is 11.1. The number of rotatable bonds is 4. The summed E-state index contributed by atoms with van der Waals surface area (Å²) in [6.07, 6.45) is 11.3. The van der Waals surface area contributed by atoms with E-state index in [9.17, 15) is 15.0 Å². The van der Waals surface area contributed by atoms with Crippen molar-refractivity contribution in [3.63, 3.8) is 0 Å². The molecular weight excluding hydrogens is 336 g/mol. The van der Waals surface area contributed by atoms with Gasteiger partial charge in [0.05, 0.1) is 12.2 Å². The van der Waals surface area contributed by atoms with Gasteiger partial charge < -0.3 is 15.0 Å². The molecule has 4 aliphatic rings. The topological polar surface area (TPSA) is 57.5 Å². The number of carbonyl (C=O) groups excluding carboxylic acids is 1. The van der Waals surface area contributed by atoms with E-state index in [0.717, 1.165) is 56.1 Å². The van der Waals surface area contributed by atoms with Crippen molar-refractivity contribution in [2.45, 2.75) is 97.2 Å². The van der Waals surface area contributed by atoms with Crippen molar-refractivity contribution in [2.24, 2.45) is 46.3 Å². The average molecular weight is 377 g/mol. The zero-order chi connectivity index (χ0) is 19.4. The van der Waals surface area contributed by atoms with E-state index < -0.39 is 0 Å². The first kappa shape index (κ1) is 19.9. The van der Waals surface area contributed by atoms with Gasteiger partial charge in [-0.15, -0.1) is 0 Å². The highest BCUT2D eigenvalue weighted by Crippen LogP contribution is 2.68. The monoisotopic (exact) mass is 376 g/mol. The van der Waals surface area contributed by atoms with E-state index in [1.54, 1.807) is 0 Å². The minimum absolute atomic E-state index is 0.210. The Kier molecular flexibility index (Phi) is 5.25. The lowest BCUT2D eigenvalue weighted by molar-refractivity contribution is -0.172. The molecule has 3 unspecified atom stereocenters. The molecule has 0 spiro atoms. The number of hydrogen-bond acceptors (Lipinski definition) is 3. The third kappa shape index (κ3) is 3.03. The van der Waals surface area contributed by atoms with Crippen LogP contribution in [0, 0.1) is 46.3 Å². The van der Waals surface area contributed by atoms with Crippen LogP contribution < -0.4 is 0 Å². The summed E-state index contributed by atoms with van der Waals surface area (Å²) in [5.41, 5.74) is 0.602. The molecule has 4 saturated carbocycles. The number of carbonyl (C=O) groups is 1. The van der Waals surface area contributed by atoms with Crippen molar-refractivity contribution in [3.05, 3.63) is 0 Å². The van der Waals surface area contributed by atoms with Gasteiger partial charge in [0.15, 0.2) is 0 Å². The summed E-state index contributed by atoms with van der Waals surface area (Å²) in [5.74, 6) is 3.76. The van der Waals surface area contributed by atoms with Crippen LogP contribution in [0.3, 0.4) is 0 Å². The van der Waals surface area contributed by atoms with Gasteiger partial charge in [-0.1, -0.05) is 20.8 Å². The molecule has 154 valence electrons. The zero-order valence-corrected chi connectivity index (χ0v) is 17.6. The third-order valence-corrected chi connectivity index (χ3v) is 10.2. The van der Waals surface area contributed by atoms with Gasteiger partial charge in [-0.2, -0.15) is 0 Å². The molecule has 10 atom stereocenters. The summed E-state index contributed by atoms with van der Waals surface area (Å²) >= 11 is 0. The van der Waals surface area contributed by atoms with E-state index in [2.05, 4.69) is 20.8 Å². The van der Waals surface area contributed by atoms with E-state index in [1.807, 2.05) is 0 Å². The molecule has 4 rings (SSSR count). The van der Waals surface area contributed by atoms with Crippen LogP contribution in [0.1, 0.15) is 85.0 Å². The Morgan fingerprint density at radius 1 is 0.963 bits per heavy atom. The van der Waals surface area contributed by atoms with E-state index in [0.29, 0.717) is 23.7 Å². The molecule has 0 radical (unpaired) electrons. The number of fused-ring (bicyclic) bond motifs is 5. The van der Waals surface area contributed by atoms with Crippen LogP contribution in [0.25, 0.3) is 0 Å². The maximum Gasteiger partial charge on any atom is 0.120 e. The molecule has 0 saturated heterocycles. The van der Waals surface area contributed by atoms with Crippen LogP contribution in [0.2, 0.25) is 0 Å². The molecule has 4 aliphatic carbocycles. The molecule has 0 aromatic heterocycles. The second-order valence-electron chi connectivity index (χ2n) is 11.2. The highest BCUT2D eigenvalue weighted by Gasteiger charge is 2.62. The summed E-state index contributed by atoms with van der Waals surface area (Å²) in [6.45, 7) is 7.34. The SMILES string of the molecule is C[C@H](CCC=O)[C@H]1CC[C@H]2[C@@H]3CC(O)C4CC(O)CC[C@]4(C)[C@H]3CC[C@]12C. The Hall–Kier alpha value is -0.410. The lowest BCUT2D eigenvalue weighted by Gasteiger charge is -2.62. The second kappa shape index (κ2) is 7.13. The standard InChI is InChI=1S/C24H40O3/c1-15(5-4-12-25)18-6-7-19-17-14-22(27)21-13-16(26)8-10-24(21,3)20(17)9-11-23(18,19)2/h12,15-22,26-27H,4-11,13-14H2,1-3H3/t15-,16?,17+,18-,19+,20+,21?,22?,23-,24-/m1/s1. The summed E-state index contributed by atoms with van der Waals surface area (Å²) in [4.78, 5) is 10.9. The zero-order valence-electron chi connectivity index (χ0n) is 17.6. The van der Waals surface area contributed by atoms with Crippen molar-refractivity contribution < 1.29 is 15.0 Å². The summed E-state index contributed by atoms with van der Waals surface area (Å²) < 4.78 is 0. The first-order valence-electron chi connectivity index (χ1n) is 11.6. The van der Waals surface area contributed by atoms with Crippen molar-refractivity contribution in [2.75, 3.05) is 0 Å². The second-order valence-corrected chi connectivity index (χ2v) is 11.2. The first-order chi connectivity index (χ1) is 12.8. The van der Waals surface area contributed by atoms with Crippen LogP contribution >= 0.6 is 0 Å². The molecule has 0 aromatic rings. The Morgan fingerprint density at radius 3 is 2.41 bits per heavy atom. The molecule has 0 bridgehead atoms. The van der Waals surface area contributed by atoms with Gasteiger partial charge >= 0.3 is 0 Å². The summed E-state index contributed by atoms with van der Waals surface area (Å²) in [6, 6.07) is 0. The first-order valence-corrected chi connectivity index (χ1v) is 11.6. The predicted molar refractivity (Wildman–Crippen MR) is 107 cm³/mol. The number of aliphatic hydroxyl groups excluding tert-OH is 2. The van der Waals surface area contributed by atoms with E-state index in [4.69, 9.17) is 0 Å². The fourth-order valence-corrected chi connectivity index (χ4v) is 8.79. The van der Waals surface area contributed by atoms with E-state index in [-0.39, 0.29) is 23.5 Å². The lowest BCUT2D eigenvalue weighted by atomic mass is 9.44. The molecule has 4 fully saturated rings. The van der Waals surface area contributed by atoms with Crippen molar-refractivity contribution in [3.8, 4) is 0 Å². The molecular formula is C24H40O3. The summed E-state index contributed by atoms with van der Waals surface area (Å²) in [7, 11) is 0. The number of aliphatic hydroxyl groups is 2. The predicted octanol–water partition coefficient (Wildman–Crippen LogP) is 4.59. The molecule has 0 aromatic carbocycles. The highest BCUT2D eigenvalue weighted by molar-refractivity contribution is 5.49. The third-order valence-electron chi connectivity index (χ3n) is 10.2. The van der Waals surface area contributed by atoms with Gasteiger partial charge in [0, 0.05) is 6.42 Å². The Labute approximate surface area is 165 Å². The molecule has 0 aliphatic heterocycles. The molecule has 0 amide bonds. The molecule has 3 nitrogen and oxygen atoms in total. The minimum Gasteiger partial charge on any atom is -0.393 e. The van der Waals surface area contributed by atoms with Gasteiger partial charge in [0.1, 0.15) is 6.29 Å². The van der Waals surface area contributed by atoms with Gasteiger partial charge in [-0.25, -0.2) is 0 Å². The molecule has 2 N–H and O–H groups in total. The fourth-order valence-electron chi connectivity index (χ4n) is 8.79. The average Bonchev–Trinajstić information content (AvgIpc) is 2.99. The van der Waals surface area contributed by atoms with Crippen molar-refractivity contribution >= 4 is 6.29 Å². The Morgan fingerprint density at radius 2 is 1.67 bits per heavy atom. The van der Waals surface area contributed by atoms with E-state index >= 15 is 0 Å². The number of aldehydes is 1. The lowest BCUT2D eigenvalue weighted by Crippen LogP contribution is -2.58. The largest absolute Gasteiger partial charge is 0.393 e. The van der Waals surface area contributed by atoms with Gasteiger partial charge in [0.25, 0.3) is 0 Å². The smallest absolute Gasteiger partial charge is 0.120 e. The van der Waals surface area contributed by atoms with Crippen LogP contribution in [0.15, 0.2) is 0 Å². The minimum atomic E-state index is -0.236. The van der Waals surface area contributed by atoms with Crippen molar-refractivity contribution in [1.82, 2.24) is 0 Å². The molecule has 27 heavy (non-hydrogen) atoms. The van der Waals surface area contributed by atoms with E-state index in [1.165, 1.54) is 25.7 Å². The normalized spacial score (nSPS) is 53.1. The van der Waals surface area contributed by atoms with Gasteiger partial charge in [0.2, 0.25) is 0 Å².